The zero-order valence-corrected chi connectivity index (χ0v) is 15.8. The van der Waals surface area contributed by atoms with Crippen molar-refractivity contribution in [3.8, 4) is 0 Å². The lowest BCUT2D eigenvalue weighted by Crippen LogP contribution is -2.31. The van der Waals surface area contributed by atoms with Gasteiger partial charge in [0, 0.05) is 30.3 Å². The average Bonchev–Trinajstić information content (AvgIpc) is 2.99. The molecule has 1 aromatic heterocycles. The number of non-ortho nitro benzene ring substituents is 1. The van der Waals surface area contributed by atoms with Gasteiger partial charge in [-0.15, -0.1) is 0 Å². The van der Waals surface area contributed by atoms with Crippen molar-refractivity contribution in [2.75, 3.05) is 13.2 Å². The Balaban J connectivity index is 1.93. The average molecular weight is 415 g/mol. The van der Waals surface area contributed by atoms with Gasteiger partial charge in [-0.3, -0.25) is 19.7 Å². The quantitative estimate of drug-likeness (QED) is 0.506. The van der Waals surface area contributed by atoms with Gasteiger partial charge in [-0.05, 0) is 42.3 Å². The number of hydrogen-bond acceptors (Lipinski definition) is 6. The van der Waals surface area contributed by atoms with Crippen molar-refractivity contribution in [1.82, 2.24) is 4.90 Å². The fourth-order valence-corrected chi connectivity index (χ4v) is 3.76. The molecule has 0 saturated heterocycles. The Morgan fingerprint density at radius 1 is 1.17 bits per heavy atom. The van der Waals surface area contributed by atoms with E-state index in [1.54, 1.807) is 6.07 Å². The second-order valence-corrected chi connectivity index (χ2v) is 7.08. The van der Waals surface area contributed by atoms with Gasteiger partial charge in [0.15, 0.2) is 5.43 Å². The molecule has 1 aliphatic rings. The van der Waals surface area contributed by atoms with Gasteiger partial charge in [-0.25, -0.2) is 0 Å². The molecule has 1 amide bonds. The van der Waals surface area contributed by atoms with E-state index in [0.29, 0.717) is 17.0 Å². The first-order valence-electron chi connectivity index (χ1n) is 8.85. The van der Waals surface area contributed by atoms with Crippen molar-refractivity contribution in [2.45, 2.75) is 12.5 Å². The van der Waals surface area contributed by atoms with E-state index in [1.165, 1.54) is 41.3 Å². The van der Waals surface area contributed by atoms with Crippen LogP contribution in [0.1, 0.15) is 34.1 Å². The van der Waals surface area contributed by atoms with Crippen LogP contribution in [-0.4, -0.2) is 34.0 Å². The van der Waals surface area contributed by atoms with E-state index in [-0.39, 0.29) is 46.6 Å². The van der Waals surface area contributed by atoms with Crippen LogP contribution in [0.3, 0.4) is 0 Å². The first-order valence-corrected chi connectivity index (χ1v) is 9.22. The standard InChI is InChI=1S/C20H15ClN2O6/c21-12-4-7-15-14(10-12)18(25)16-17(11-2-5-13(6-3-11)23(27)28)22(8-1-9-24)20(26)19(16)29-15/h2-7,10,17,24H,1,8-9H2. The molecule has 0 radical (unpaired) electrons. The Kier molecular flexibility index (Phi) is 4.81. The summed E-state index contributed by atoms with van der Waals surface area (Å²) in [5.74, 6) is -0.531. The second-order valence-electron chi connectivity index (χ2n) is 6.64. The molecule has 1 unspecified atom stereocenters. The molecule has 1 atom stereocenters. The topological polar surface area (TPSA) is 114 Å². The van der Waals surface area contributed by atoms with Crippen LogP contribution in [0.5, 0.6) is 0 Å². The van der Waals surface area contributed by atoms with Crippen molar-refractivity contribution in [3.05, 3.63) is 84.7 Å². The Morgan fingerprint density at radius 2 is 1.90 bits per heavy atom. The Labute approximate surface area is 169 Å². The van der Waals surface area contributed by atoms with E-state index in [9.17, 15) is 24.8 Å². The summed E-state index contributed by atoms with van der Waals surface area (Å²) < 4.78 is 5.76. The number of aliphatic hydroxyl groups excluding tert-OH is 1. The van der Waals surface area contributed by atoms with Gasteiger partial charge >= 0.3 is 0 Å². The van der Waals surface area contributed by atoms with Crippen LogP contribution in [0, 0.1) is 10.1 Å². The van der Waals surface area contributed by atoms with Gasteiger partial charge in [-0.1, -0.05) is 11.6 Å². The molecule has 2 heterocycles. The summed E-state index contributed by atoms with van der Waals surface area (Å²) >= 11 is 6.02. The van der Waals surface area contributed by atoms with E-state index in [2.05, 4.69) is 0 Å². The predicted molar refractivity (Wildman–Crippen MR) is 105 cm³/mol. The number of carbonyl (C=O) groups is 1. The van der Waals surface area contributed by atoms with Crippen LogP contribution >= 0.6 is 11.6 Å². The minimum Gasteiger partial charge on any atom is -0.450 e. The van der Waals surface area contributed by atoms with Gasteiger partial charge in [0.2, 0.25) is 5.76 Å². The zero-order valence-electron chi connectivity index (χ0n) is 15.0. The third-order valence-corrected chi connectivity index (χ3v) is 5.14. The molecule has 0 aliphatic carbocycles. The van der Waals surface area contributed by atoms with Crippen LogP contribution in [0.2, 0.25) is 5.02 Å². The Morgan fingerprint density at radius 3 is 2.55 bits per heavy atom. The van der Waals surface area contributed by atoms with Gasteiger partial charge < -0.3 is 14.4 Å². The highest BCUT2D eigenvalue weighted by Gasteiger charge is 2.42. The fourth-order valence-electron chi connectivity index (χ4n) is 3.59. The number of rotatable bonds is 5. The number of aliphatic hydroxyl groups is 1. The number of nitro groups is 1. The zero-order chi connectivity index (χ0) is 20.7. The fraction of sp³-hybridized carbons (Fsp3) is 0.200. The predicted octanol–water partition coefficient (Wildman–Crippen LogP) is 3.28. The van der Waals surface area contributed by atoms with Crippen LogP contribution in [0.4, 0.5) is 5.69 Å². The van der Waals surface area contributed by atoms with Crippen LogP contribution in [-0.2, 0) is 0 Å². The molecule has 4 rings (SSSR count). The summed E-state index contributed by atoms with van der Waals surface area (Å²) in [4.78, 5) is 38.1. The summed E-state index contributed by atoms with van der Waals surface area (Å²) in [5.41, 5.74) is 0.466. The molecule has 0 spiro atoms. The molecule has 8 nitrogen and oxygen atoms in total. The molecule has 1 N–H and O–H groups in total. The van der Waals surface area contributed by atoms with Crippen molar-refractivity contribution >= 4 is 34.2 Å². The van der Waals surface area contributed by atoms with Crippen molar-refractivity contribution in [2.24, 2.45) is 0 Å². The molecule has 148 valence electrons. The maximum absolute atomic E-state index is 13.2. The molecule has 1 aliphatic heterocycles. The summed E-state index contributed by atoms with van der Waals surface area (Å²) in [6.07, 6.45) is 0.308. The summed E-state index contributed by atoms with van der Waals surface area (Å²) in [6, 6.07) is 9.47. The van der Waals surface area contributed by atoms with Crippen molar-refractivity contribution < 1.29 is 19.2 Å². The molecular weight excluding hydrogens is 400 g/mol. The smallest absolute Gasteiger partial charge is 0.290 e. The molecule has 0 fully saturated rings. The van der Waals surface area contributed by atoms with E-state index < -0.39 is 16.9 Å². The second kappa shape index (κ2) is 7.31. The maximum Gasteiger partial charge on any atom is 0.290 e. The first kappa shape index (κ1) is 19.1. The largest absolute Gasteiger partial charge is 0.450 e. The minimum atomic E-state index is -0.774. The highest BCUT2D eigenvalue weighted by molar-refractivity contribution is 6.31. The van der Waals surface area contributed by atoms with E-state index >= 15 is 0 Å². The number of amides is 1. The molecule has 2 aromatic carbocycles. The number of carbonyl (C=O) groups excluding carboxylic acids is 1. The monoisotopic (exact) mass is 414 g/mol. The summed E-state index contributed by atoms with van der Waals surface area (Å²) in [6.45, 7) is 0.0593. The van der Waals surface area contributed by atoms with Crippen molar-refractivity contribution in [3.63, 3.8) is 0 Å². The first-order chi connectivity index (χ1) is 13.9. The van der Waals surface area contributed by atoms with Crippen LogP contribution in [0.15, 0.2) is 51.7 Å². The van der Waals surface area contributed by atoms with Gasteiger partial charge in [0.1, 0.15) is 5.58 Å². The molecule has 0 bridgehead atoms. The third kappa shape index (κ3) is 3.16. The number of halogens is 1. The molecule has 9 heteroatoms. The van der Waals surface area contributed by atoms with Crippen LogP contribution in [0.25, 0.3) is 11.0 Å². The number of fused-ring (bicyclic) bond motifs is 2. The third-order valence-electron chi connectivity index (χ3n) is 4.90. The summed E-state index contributed by atoms with van der Waals surface area (Å²) in [7, 11) is 0. The number of nitrogens with zero attached hydrogens (tertiary/aromatic N) is 2. The van der Waals surface area contributed by atoms with E-state index in [1.807, 2.05) is 0 Å². The highest BCUT2D eigenvalue weighted by Crippen LogP contribution is 2.38. The molecular formula is C20H15ClN2O6. The SMILES string of the molecule is O=C1c2oc3ccc(Cl)cc3c(=O)c2C(c2ccc([N+](=O)[O-])cc2)N1CCCO. The van der Waals surface area contributed by atoms with Gasteiger partial charge in [-0.2, -0.15) is 0 Å². The Bertz CT molecular complexity index is 1190. The Hall–Kier alpha value is -3.23. The normalized spacial score (nSPS) is 15.7. The lowest BCUT2D eigenvalue weighted by atomic mass is 9.98. The van der Waals surface area contributed by atoms with Gasteiger partial charge in [0.25, 0.3) is 11.6 Å². The molecule has 3 aromatic rings. The van der Waals surface area contributed by atoms with E-state index in [4.69, 9.17) is 16.0 Å². The minimum absolute atomic E-state index is 0.0638. The molecule has 29 heavy (non-hydrogen) atoms. The van der Waals surface area contributed by atoms with E-state index in [0.717, 1.165) is 0 Å². The molecule has 0 saturated carbocycles. The van der Waals surface area contributed by atoms with Gasteiger partial charge in [0.05, 0.1) is 21.9 Å². The number of benzene rings is 2. The van der Waals surface area contributed by atoms with Crippen LogP contribution < -0.4 is 5.43 Å². The lowest BCUT2D eigenvalue weighted by molar-refractivity contribution is -0.384. The number of hydrogen-bond donors (Lipinski definition) is 1. The van der Waals surface area contributed by atoms with Crippen molar-refractivity contribution in [1.29, 1.82) is 0 Å². The summed E-state index contributed by atoms with van der Waals surface area (Å²) in [5, 5.41) is 20.8. The number of nitro benzene ring substituents is 1. The highest BCUT2D eigenvalue weighted by atomic mass is 35.5. The maximum atomic E-state index is 13.2. The lowest BCUT2D eigenvalue weighted by Gasteiger charge is -2.24.